The third kappa shape index (κ3) is 6.40. The Hall–Kier alpha value is -1.33. The summed E-state index contributed by atoms with van der Waals surface area (Å²) in [5.74, 6) is 0. The maximum absolute atomic E-state index is 12.4. The molecule has 1 heterocycles. The van der Waals surface area contributed by atoms with Crippen LogP contribution in [0.4, 0.5) is 4.39 Å². The van der Waals surface area contributed by atoms with Crippen molar-refractivity contribution in [1.82, 2.24) is 4.90 Å². The van der Waals surface area contributed by atoms with Crippen molar-refractivity contribution >= 4 is 12.9 Å². The molecule has 0 unspecified atom stereocenters. The van der Waals surface area contributed by atoms with E-state index in [1.807, 2.05) is 0 Å². The Morgan fingerprint density at radius 1 is 1.32 bits per heavy atom. The van der Waals surface area contributed by atoms with Gasteiger partial charge < -0.3 is 5.73 Å². The first-order valence-corrected chi connectivity index (χ1v) is 6.65. The van der Waals surface area contributed by atoms with E-state index in [0.717, 1.165) is 25.3 Å². The molecule has 2 N–H and O–H groups in total. The van der Waals surface area contributed by atoms with Gasteiger partial charge in [-0.05, 0) is 56.6 Å². The lowest BCUT2D eigenvalue weighted by Gasteiger charge is -2.10. The molecule has 1 aliphatic rings. The number of halogens is 1. The minimum Gasteiger partial charge on any atom is -0.327 e. The van der Waals surface area contributed by atoms with Gasteiger partial charge >= 0.3 is 0 Å². The standard InChI is InChI=1S/C14H23FN4/c1-17-10-14(5-4-13(8-15)9-16)11-18-12-19-6-2-3-7-19/h8,10-11H,1-7,9,12,16H2/b13-8-,14-10-,18-11?. The van der Waals surface area contributed by atoms with E-state index >= 15 is 0 Å². The van der Waals surface area contributed by atoms with Crippen LogP contribution in [0.5, 0.6) is 0 Å². The van der Waals surface area contributed by atoms with Crippen molar-refractivity contribution in [2.24, 2.45) is 15.7 Å². The normalized spacial score (nSPS) is 18.4. The number of hydrogen-bond donors (Lipinski definition) is 1. The monoisotopic (exact) mass is 266 g/mol. The molecule has 4 nitrogen and oxygen atoms in total. The van der Waals surface area contributed by atoms with Crippen molar-refractivity contribution in [3.05, 3.63) is 23.7 Å². The Balaban J connectivity index is 2.41. The third-order valence-corrected chi connectivity index (χ3v) is 3.15. The van der Waals surface area contributed by atoms with E-state index < -0.39 is 0 Å². The van der Waals surface area contributed by atoms with Gasteiger partial charge in [0.2, 0.25) is 0 Å². The summed E-state index contributed by atoms with van der Waals surface area (Å²) in [5, 5.41) is 0. The predicted molar refractivity (Wildman–Crippen MR) is 79.3 cm³/mol. The van der Waals surface area contributed by atoms with Gasteiger partial charge in [0.15, 0.2) is 0 Å². The molecule has 0 saturated carbocycles. The van der Waals surface area contributed by atoms with Gasteiger partial charge in [0.25, 0.3) is 0 Å². The van der Waals surface area contributed by atoms with Gasteiger partial charge in [-0.2, -0.15) is 0 Å². The van der Waals surface area contributed by atoms with Crippen LogP contribution in [-0.2, 0) is 0 Å². The summed E-state index contributed by atoms with van der Waals surface area (Å²) < 4.78 is 12.4. The molecule has 1 rings (SSSR count). The Labute approximate surface area is 114 Å². The molecule has 1 saturated heterocycles. The molecular formula is C14H23FN4. The number of rotatable bonds is 8. The van der Waals surface area contributed by atoms with Crippen LogP contribution in [0.1, 0.15) is 25.7 Å². The Morgan fingerprint density at radius 3 is 2.63 bits per heavy atom. The van der Waals surface area contributed by atoms with Crippen LogP contribution in [0.15, 0.2) is 33.7 Å². The van der Waals surface area contributed by atoms with Gasteiger partial charge in [-0.3, -0.25) is 14.9 Å². The van der Waals surface area contributed by atoms with Crippen LogP contribution in [0.3, 0.4) is 0 Å². The first-order chi connectivity index (χ1) is 9.30. The summed E-state index contributed by atoms with van der Waals surface area (Å²) in [5.41, 5.74) is 6.97. The fourth-order valence-electron chi connectivity index (χ4n) is 1.98. The van der Waals surface area contributed by atoms with Crippen LogP contribution in [0, 0.1) is 0 Å². The molecule has 0 radical (unpaired) electrons. The van der Waals surface area contributed by atoms with Gasteiger partial charge in [0.05, 0.1) is 13.0 Å². The number of nitrogens with two attached hydrogens (primary N) is 1. The summed E-state index contributed by atoms with van der Waals surface area (Å²) in [6.45, 7) is 6.65. The number of likely N-dealkylation sites (tertiary alicyclic amines) is 1. The van der Waals surface area contributed by atoms with Gasteiger partial charge in [-0.1, -0.05) is 0 Å². The van der Waals surface area contributed by atoms with E-state index in [9.17, 15) is 4.39 Å². The van der Waals surface area contributed by atoms with Crippen molar-refractivity contribution in [2.75, 3.05) is 26.3 Å². The van der Waals surface area contributed by atoms with Crippen LogP contribution in [0.25, 0.3) is 0 Å². The fourth-order valence-corrected chi connectivity index (χ4v) is 1.98. The summed E-state index contributed by atoms with van der Waals surface area (Å²) in [6, 6.07) is 0. The van der Waals surface area contributed by atoms with Crippen LogP contribution in [0.2, 0.25) is 0 Å². The van der Waals surface area contributed by atoms with E-state index in [2.05, 4.69) is 21.6 Å². The molecule has 0 aromatic carbocycles. The van der Waals surface area contributed by atoms with Crippen molar-refractivity contribution in [1.29, 1.82) is 0 Å². The molecule has 19 heavy (non-hydrogen) atoms. The molecule has 1 aliphatic heterocycles. The van der Waals surface area contributed by atoms with Crippen LogP contribution >= 0.6 is 0 Å². The SMILES string of the molecule is C=N/C=C(\C=NCN1CCCC1)CC/C(=C/F)CN. The Morgan fingerprint density at radius 2 is 2.05 bits per heavy atom. The highest BCUT2D eigenvalue weighted by Gasteiger charge is 2.09. The second-order valence-corrected chi connectivity index (χ2v) is 4.64. The molecule has 1 fully saturated rings. The second-order valence-electron chi connectivity index (χ2n) is 4.64. The lowest BCUT2D eigenvalue weighted by atomic mass is 10.1. The zero-order chi connectivity index (χ0) is 13.9. The minimum atomic E-state index is 0.246. The summed E-state index contributed by atoms with van der Waals surface area (Å²) >= 11 is 0. The smallest absolute Gasteiger partial charge is 0.0909 e. The highest BCUT2D eigenvalue weighted by atomic mass is 19.1. The van der Waals surface area contributed by atoms with E-state index in [0.29, 0.717) is 24.7 Å². The molecule has 0 atom stereocenters. The quantitative estimate of drug-likeness (QED) is 0.685. The Kier molecular flexibility index (Phi) is 7.93. The molecular weight excluding hydrogens is 243 g/mol. The highest BCUT2D eigenvalue weighted by Crippen LogP contribution is 2.11. The minimum absolute atomic E-state index is 0.246. The highest BCUT2D eigenvalue weighted by molar-refractivity contribution is 5.78. The van der Waals surface area contributed by atoms with E-state index in [1.165, 1.54) is 12.8 Å². The molecule has 0 bridgehead atoms. The molecule has 0 spiro atoms. The van der Waals surface area contributed by atoms with E-state index in [-0.39, 0.29) is 6.54 Å². The second kappa shape index (κ2) is 9.58. The summed E-state index contributed by atoms with van der Waals surface area (Å²) in [7, 11) is 0. The molecule has 0 aliphatic carbocycles. The van der Waals surface area contributed by atoms with Gasteiger partial charge in [-0.25, -0.2) is 4.39 Å². The number of aliphatic imine (C=N–C) groups is 2. The van der Waals surface area contributed by atoms with Gasteiger partial charge in [0.1, 0.15) is 0 Å². The van der Waals surface area contributed by atoms with Gasteiger partial charge in [-0.15, -0.1) is 0 Å². The van der Waals surface area contributed by atoms with E-state index in [1.54, 1.807) is 12.4 Å². The largest absolute Gasteiger partial charge is 0.327 e. The van der Waals surface area contributed by atoms with E-state index in [4.69, 9.17) is 5.73 Å². The van der Waals surface area contributed by atoms with Crippen molar-refractivity contribution in [2.45, 2.75) is 25.7 Å². The number of allylic oxidation sites excluding steroid dienone is 1. The average Bonchev–Trinajstić information content (AvgIpc) is 2.93. The maximum atomic E-state index is 12.4. The third-order valence-electron chi connectivity index (χ3n) is 3.15. The van der Waals surface area contributed by atoms with Crippen molar-refractivity contribution in [3.8, 4) is 0 Å². The summed E-state index contributed by atoms with van der Waals surface area (Å²) in [6.07, 6.45) is 7.83. The van der Waals surface area contributed by atoms with Crippen LogP contribution < -0.4 is 5.73 Å². The lowest BCUT2D eigenvalue weighted by Crippen LogP contribution is -2.19. The number of nitrogens with zero attached hydrogens (tertiary/aromatic N) is 3. The zero-order valence-electron chi connectivity index (χ0n) is 11.4. The predicted octanol–water partition coefficient (Wildman–Crippen LogP) is 2.29. The lowest BCUT2D eigenvalue weighted by molar-refractivity contribution is 0.352. The van der Waals surface area contributed by atoms with Crippen molar-refractivity contribution in [3.63, 3.8) is 0 Å². The topological polar surface area (TPSA) is 54.0 Å². The van der Waals surface area contributed by atoms with Crippen LogP contribution in [-0.4, -0.2) is 44.1 Å². The fraction of sp³-hybridized carbons (Fsp3) is 0.571. The molecule has 106 valence electrons. The maximum Gasteiger partial charge on any atom is 0.0909 e. The first kappa shape index (κ1) is 15.7. The molecule has 0 aromatic rings. The molecule has 5 heteroatoms. The summed E-state index contributed by atoms with van der Waals surface area (Å²) in [4.78, 5) is 10.5. The zero-order valence-corrected chi connectivity index (χ0v) is 11.4. The Bertz CT molecular complexity index is 354. The molecule has 0 aromatic heterocycles. The number of hydrogen-bond acceptors (Lipinski definition) is 4. The molecule has 0 amide bonds. The van der Waals surface area contributed by atoms with Gasteiger partial charge in [0, 0.05) is 19.0 Å². The van der Waals surface area contributed by atoms with Crippen molar-refractivity contribution < 1.29 is 4.39 Å². The average molecular weight is 266 g/mol. The first-order valence-electron chi connectivity index (χ1n) is 6.65.